The Morgan fingerprint density at radius 2 is 1.24 bits per heavy atom. The molecule has 2 unspecified atom stereocenters. The van der Waals surface area contributed by atoms with Crippen LogP contribution in [0.25, 0.3) is 27.1 Å². The molecule has 31 heteroatoms. The summed E-state index contributed by atoms with van der Waals surface area (Å²) < 4.78 is 201. The van der Waals surface area contributed by atoms with Crippen LogP contribution in [0.1, 0.15) is 99.2 Å². The third-order valence-corrected chi connectivity index (χ3v) is 20.2. The van der Waals surface area contributed by atoms with E-state index in [0.717, 1.165) is 12.1 Å². The van der Waals surface area contributed by atoms with Gasteiger partial charge in [-0.25, -0.2) is 4.79 Å². The van der Waals surface area contributed by atoms with Gasteiger partial charge in [0.05, 0.1) is 51.9 Å². The highest BCUT2D eigenvalue weighted by molar-refractivity contribution is 7.86. The Kier molecular flexibility index (Phi) is 21.2. The molecule has 5 N–H and O–H groups in total. The standard InChI is InChI=1S/C60H69N3O23S5/c1-6-27-61-46-19-14-39-13-17-42(90(76,77)78)38-45(39)57(46)60(3,26-32-83-5)51(61)21-15-40(16-22-52-59(2,25-31-82-4)56-44-11-7-12-50(91(79,80)81)43(44)18-20-47(56)62(52)28-8-33-87(67,68)69)55-48(84-29-9-34-88(70,71)72)36-41(37-49(55)85-30-10-35-89(73,74)75)58(66)86-63-53(64)23-24-54(63)65/h7,11-22,36-38H,6,8-10,23-35H2,1-5H3,(H4-,67,68,69,70,71,72,73,74,75,76,77,78,79,80,81)/p+1. The molecule has 91 heavy (non-hydrogen) atoms. The van der Waals surface area contributed by atoms with Crippen LogP contribution < -0.4 is 14.4 Å². The molecule has 26 nitrogen and oxygen atoms in total. The van der Waals surface area contributed by atoms with Gasteiger partial charge in [0.25, 0.3) is 62.4 Å². The molecule has 1 fully saturated rings. The number of imide groups is 1. The second-order valence-electron chi connectivity index (χ2n) is 22.4. The molecule has 3 aliphatic rings. The lowest BCUT2D eigenvalue weighted by Gasteiger charge is -2.30. The number of fused-ring (bicyclic) bond motifs is 6. The van der Waals surface area contributed by atoms with E-state index in [2.05, 4.69) is 0 Å². The average molecular weight is 1360 g/mol. The predicted octanol–water partition coefficient (Wildman–Crippen LogP) is 7.44. The fourth-order valence-electron chi connectivity index (χ4n) is 11.9. The number of hydrogen-bond donors (Lipinski definition) is 5. The summed E-state index contributed by atoms with van der Waals surface area (Å²) in [5, 5.41) is 1.91. The molecule has 3 heterocycles. The van der Waals surface area contributed by atoms with E-state index in [1.54, 1.807) is 53.1 Å². The van der Waals surface area contributed by atoms with Gasteiger partial charge >= 0.3 is 5.97 Å². The lowest BCUT2D eigenvalue weighted by molar-refractivity contribution is -0.437. The normalized spacial score (nSPS) is 18.8. The van der Waals surface area contributed by atoms with Crippen molar-refractivity contribution < 1.29 is 108 Å². The maximum Gasteiger partial charge on any atom is 0.364 e. The first-order valence-corrected chi connectivity index (χ1v) is 36.3. The Morgan fingerprint density at radius 1 is 0.659 bits per heavy atom. The van der Waals surface area contributed by atoms with Crippen LogP contribution in [-0.4, -0.2) is 169 Å². The summed E-state index contributed by atoms with van der Waals surface area (Å²) in [6.45, 7) is 5.20. The lowest BCUT2D eigenvalue weighted by Crippen LogP contribution is -2.33. The molecule has 492 valence electrons. The topological polar surface area (TPSA) is 379 Å². The van der Waals surface area contributed by atoms with Crippen molar-refractivity contribution in [2.75, 3.05) is 75.9 Å². The molecule has 8 rings (SSSR count). The summed E-state index contributed by atoms with van der Waals surface area (Å²) in [5.74, 6) is -5.82. The molecule has 0 radical (unpaired) electrons. The number of hydrogen-bond acceptors (Lipinski definition) is 19. The van der Waals surface area contributed by atoms with Gasteiger partial charge in [0.15, 0.2) is 5.71 Å². The molecule has 3 aliphatic heterocycles. The Hall–Kier alpha value is -7.01. The van der Waals surface area contributed by atoms with E-state index < -0.39 is 120 Å². The number of methoxy groups -OCH3 is 2. The van der Waals surface area contributed by atoms with E-state index in [-0.39, 0.29) is 103 Å². The summed E-state index contributed by atoms with van der Waals surface area (Å²) >= 11 is 0. The monoisotopic (exact) mass is 1360 g/mol. The highest BCUT2D eigenvalue weighted by Crippen LogP contribution is 2.54. The van der Waals surface area contributed by atoms with Crippen LogP contribution in [0.2, 0.25) is 0 Å². The van der Waals surface area contributed by atoms with Crippen LogP contribution in [0.5, 0.6) is 11.5 Å². The van der Waals surface area contributed by atoms with E-state index in [9.17, 15) is 79.2 Å². The van der Waals surface area contributed by atoms with Gasteiger partial charge < -0.3 is 28.7 Å². The molecule has 1 saturated heterocycles. The largest absolute Gasteiger partial charge is 0.493 e. The van der Waals surface area contributed by atoms with Crippen LogP contribution in [0, 0.1) is 0 Å². The first-order valence-electron chi connectivity index (χ1n) is 28.6. The number of anilines is 1. The van der Waals surface area contributed by atoms with Crippen LogP contribution in [0.4, 0.5) is 11.4 Å². The molecule has 0 spiro atoms. The number of amides is 2. The minimum absolute atomic E-state index is 0.0491. The molecule has 0 aliphatic carbocycles. The smallest absolute Gasteiger partial charge is 0.364 e. The van der Waals surface area contributed by atoms with Crippen molar-refractivity contribution in [1.29, 1.82) is 0 Å². The average Bonchev–Trinajstić information content (AvgIpc) is 1.59. The van der Waals surface area contributed by atoms with Crippen molar-refractivity contribution >= 4 is 113 Å². The Balaban J connectivity index is 1.49. The van der Waals surface area contributed by atoms with Crippen molar-refractivity contribution in [3.05, 3.63) is 125 Å². The fourth-order valence-corrected chi connectivity index (χ4v) is 14.6. The number of allylic oxidation sites excluding steroid dienone is 6. The van der Waals surface area contributed by atoms with Crippen molar-refractivity contribution in [2.24, 2.45) is 0 Å². The SMILES string of the molecule is CCCN1/C(=C/C=C(/C=C/C2=[N+](CCCS(=O)(=O)O)c3ccc4c(S(=O)(=O)O)cccc4c3C2(C)CCOC)c2c(OCCCS(=O)(=O)O)cc(C(=O)ON3C(=O)CCC3=O)cc2OCCCS(=O)(=O)O)C(C)(CCOC)c2c1ccc1ccc(S(=O)(=O)O)cc21. The maximum atomic E-state index is 14.2. The zero-order chi connectivity index (χ0) is 66.6. The van der Waals surface area contributed by atoms with E-state index in [1.807, 2.05) is 31.7 Å². The molecular weight excluding hydrogens is 1290 g/mol. The summed E-state index contributed by atoms with van der Waals surface area (Å²) in [4.78, 5) is 46.3. The van der Waals surface area contributed by atoms with Gasteiger partial charge in [-0.15, -0.1) is 5.06 Å². The number of benzene rings is 5. The Morgan fingerprint density at radius 3 is 1.80 bits per heavy atom. The minimum atomic E-state index is -4.82. The second-order valence-corrected chi connectivity index (χ2v) is 29.9. The second kappa shape index (κ2) is 27.7. The van der Waals surface area contributed by atoms with Crippen molar-refractivity contribution in [3.8, 4) is 11.5 Å². The van der Waals surface area contributed by atoms with Crippen LogP contribution >= 0.6 is 0 Å². The van der Waals surface area contributed by atoms with Crippen molar-refractivity contribution in [2.45, 2.75) is 92.8 Å². The van der Waals surface area contributed by atoms with Gasteiger partial charge in [-0.1, -0.05) is 37.3 Å². The highest BCUT2D eigenvalue weighted by Gasteiger charge is 2.49. The van der Waals surface area contributed by atoms with Gasteiger partial charge in [0.2, 0.25) is 5.69 Å². The molecule has 0 aromatic heterocycles. The van der Waals surface area contributed by atoms with Crippen molar-refractivity contribution in [3.63, 3.8) is 0 Å². The fraction of sp³-hybridized carbons (Fsp3) is 0.400. The van der Waals surface area contributed by atoms with E-state index >= 15 is 0 Å². The third-order valence-electron chi connectivity index (χ3n) is 16.0. The summed E-state index contributed by atoms with van der Waals surface area (Å²) in [6.07, 6.45) is 6.18. The van der Waals surface area contributed by atoms with Crippen LogP contribution in [0.3, 0.4) is 0 Å². The van der Waals surface area contributed by atoms with Crippen LogP contribution in [0.15, 0.2) is 113 Å². The van der Waals surface area contributed by atoms with Crippen molar-refractivity contribution in [1.82, 2.24) is 5.06 Å². The van der Waals surface area contributed by atoms with Gasteiger partial charge in [-0.2, -0.15) is 46.7 Å². The first kappa shape index (κ1) is 69.9. The van der Waals surface area contributed by atoms with E-state index in [0.29, 0.717) is 63.0 Å². The summed E-state index contributed by atoms with van der Waals surface area (Å²) in [5.41, 5.74) is 0.663. The lowest BCUT2D eigenvalue weighted by atomic mass is 9.74. The number of carbonyl (C=O) groups excluding carboxylic acids is 3. The molecule has 0 bridgehead atoms. The Labute approximate surface area is 527 Å². The number of carbonyl (C=O) groups is 3. The highest BCUT2D eigenvalue weighted by atomic mass is 32.2. The molecular formula is C60H70N3O23S5+. The molecule has 0 saturated carbocycles. The molecule has 2 amide bonds. The quantitative estimate of drug-likeness (QED) is 0.00979. The van der Waals surface area contributed by atoms with E-state index in [1.165, 1.54) is 44.6 Å². The van der Waals surface area contributed by atoms with Gasteiger partial charge in [0.1, 0.15) is 22.9 Å². The Bertz CT molecular complexity index is 4370. The van der Waals surface area contributed by atoms with E-state index in [4.69, 9.17) is 23.8 Å². The summed E-state index contributed by atoms with van der Waals surface area (Å²) in [6, 6.07) is 17.6. The van der Waals surface area contributed by atoms with Gasteiger partial charge in [-0.3, -0.25) is 32.4 Å². The molecule has 2 atom stereocenters. The summed E-state index contributed by atoms with van der Waals surface area (Å²) in [7, 11) is -20.3. The third kappa shape index (κ3) is 15.9. The number of ether oxygens (including phenoxy) is 4. The zero-order valence-corrected chi connectivity index (χ0v) is 54.3. The number of rotatable bonds is 30. The molecule has 5 aromatic rings. The zero-order valence-electron chi connectivity index (χ0n) is 50.2. The minimum Gasteiger partial charge on any atom is -0.493 e. The molecule has 5 aromatic carbocycles. The predicted molar refractivity (Wildman–Crippen MR) is 335 cm³/mol. The van der Waals surface area contributed by atoms with Crippen LogP contribution in [-0.2, 0) is 85.3 Å². The number of hydroxylamine groups is 2. The maximum absolute atomic E-state index is 14.2. The van der Waals surface area contributed by atoms with Gasteiger partial charge in [0, 0.05) is 93.1 Å². The first-order chi connectivity index (χ1) is 42.6. The number of nitrogens with zero attached hydrogens (tertiary/aromatic N) is 3. The van der Waals surface area contributed by atoms with Gasteiger partial charge in [-0.05, 0) is 128 Å².